The fourth-order valence-corrected chi connectivity index (χ4v) is 3.02. The summed E-state index contributed by atoms with van der Waals surface area (Å²) in [6, 6.07) is 12.4. The summed E-state index contributed by atoms with van der Waals surface area (Å²) in [5, 5.41) is 10.5. The maximum atomic E-state index is 5.78. The van der Waals surface area contributed by atoms with Crippen LogP contribution in [0.25, 0.3) is 10.6 Å². The molecule has 0 saturated carbocycles. The molecule has 102 valence electrons. The second-order valence-corrected chi connectivity index (χ2v) is 5.60. The molecule has 0 unspecified atom stereocenters. The van der Waals surface area contributed by atoms with Gasteiger partial charge < -0.3 is 5.73 Å². The highest BCUT2D eigenvalue weighted by Crippen LogP contribution is 2.27. The molecule has 0 spiro atoms. The second kappa shape index (κ2) is 5.56. The lowest BCUT2D eigenvalue weighted by Gasteiger charge is -2.08. The molecule has 0 atom stereocenters. The van der Waals surface area contributed by atoms with E-state index < -0.39 is 0 Å². The van der Waals surface area contributed by atoms with Gasteiger partial charge in [0.15, 0.2) is 0 Å². The van der Waals surface area contributed by atoms with Crippen LogP contribution in [0.1, 0.15) is 16.8 Å². The molecule has 0 radical (unpaired) electrons. The van der Waals surface area contributed by atoms with Crippen LogP contribution in [0.3, 0.4) is 0 Å². The van der Waals surface area contributed by atoms with E-state index in [2.05, 4.69) is 40.8 Å². The SMILES string of the molecule is Cc1ccccc1Cn1nnc(CN)c1-c1cccs1. The fraction of sp³-hybridized carbons (Fsp3) is 0.200. The second-order valence-electron chi connectivity index (χ2n) is 4.65. The van der Waals surface area contributed by atoms with Gasteiger partial charge >= 0.3 is 0 Å². The normalized spacial score (nSPS) is 10.9. The Morgan fingerprint density at radius 1 is 1.20 bits per heavy atom. The number of hydrogen-bond acceptors (Lipinski definition) is 4. The predicted octanol–water partition coefficient (Wildman–Crippen LogP) is 2.82. The Bertz CT molecular complexity index is 700. The van der Waals surface area contributed by atoms with Crippen LogP contribution in [0.15, 0.2) is 41.8 Å². The molecule has 0 amide bonds. The number of hydrogen-bond donors (Lipinski definition) is 1. The standard InChI is InChI=1S/C15H16N4S/c1-11-5-2-3-6-12(11)10-19-15(13(9-16)17-18-19)14-7-4-8-20-14/h2-8H,9-10,16H2,1H3. The molecule has 4 nitrogen and oxygen atoms in total. The van der Waals surface area contributed by atoms with Crippen molar-refractivity contribution in [3.63, 3.8) is 0 Å². The van der Waals surface area contributed by atoms with Gasteiger partial charge in [-0.2, -0.15) is 0 Å². The summed E-state index contributed by atoms with van der Waals surface area (Å²) in [7, 11) is 0. The third-order valence-corrected chi connectivity index (χ3v) is 4.21. The summed E-state index contributed by atoms with van der Waals surface area (Å²) in [6.07, 6.45) is 0. The van der Waals surface area contributed by atoms with Gasteiger partial charge in [-0.1, -0.05) is 35.5 Å². The molecule has 1 aromatic carbocycles. The highest BCUT2D eigenvalue weighted by molar-refractivity contribution is 7.13. The zero-order chi connectivity index (χ0) is 13.9. The molecule has 3 rings (SSSR count). The molecule has 5 heteroatoms. The lowest BCUT2D eigenvalue weighted by molar-refractivity contribution is 0.653. The average Bonchev–Trinajstić information content (AvgIpc) is 3.09. The molecule has 2 N–H and O–H groups in total. The summed E-state index contributed by atoms with van der Waals surface area (Å²) in [5.41, 5.74) is 10.2. The van der Waals surface area contributed by atoms with Gasteiger partial charge in [-0.25, -0.2) is 4.68 Å². The van der Waals surface area contributed by atoms with Crippen LogP contribution in [-0.4, -0.2) is 15.0 Å². The fourth-order valence-electron chi connectivity index (χ4n) is 2.23. The third kappa shape index (κ3) is 2.37. The monoisotopic (exact) mass is 284 g/mol. The number of aryl methyl sites for hydroxylation is 1. The van der Waals surface area contributed by atoms with E-state index in [0.29, 0.717) is 13.1 Å². The van der Waals surface area contributed by atoms with E-state index in [1.807, 2.05) is 22.9 Å². The quantitative estimate of drug-likeness (QED) is 0.801. The Kier molecular flexibility index (Phi) is 3.62. The number of aromatic nitrogens is 3. The molecule has 0 bridgehead atoms. The van der Waals surface area contributed by atoms with Gasteiger partial charge in [-0.05, 0) is 29.5 Å². The Labute approximate surface area is 121 Å². The molecule has 0 aliphatic rings. The van der Waals surface area contributed by atoms with E-state index in [-0.39, 0.29) is 0 Å². The van der Waals surface area contributed by atoms with Gasteiger partial charge in [-0.15, -0.1) is 16.4 Å². The summed E-state index contributed by atoms with van der Waals surface area (Å²) in [4.78, 5) is 1.16. The van der Waals surface area contributed by atoms with Crippen molar-refractivity contribution in [1.82, 2.24) is 15.0 Å². The summed E-state index contributed by atoms with van der Waals surface area (Å²) < 4.78 is 1.94. The van der Waals surface area contributed by atoms with Crippen molar-refractivity contribution in [2.45, 2.75) is 20.0 Å². The van der Waals surface area contributed by atoms with Crippen molar-refractivity contribution in [2.75, 3.05) is 0 Å². The lowest BCUT2D eigenvalue weighted by atomic mass is 10.1. The minimum atomic E-state index is 0.404. The third-order valence-electron chi connectivity index (χ3n) is 3.33. The predicted molar refractivity (Wildman–Crippen MR) is 81.5 cm³/mol. The number of benzene rings is 1. The number of nitrogens with two attached hydrogens (primary N) is 1. The first-order chi connectivity index (χ1) is 9.79. The lowest BCUT2D eigenvalue weighted by Crippen LogP contribution is -2.06. The first-order valence-corrected chi connectivity index (χ1v) is 7.38. The maximum Gasteiger partial charge on any atom is 0.105 e. The molecular weight excluding hydrogens is 268 g/mol. The van der Waals surface area contributed by atoms with Gasteiger partial charge in [0.05, 0.1) is 11.4 Å². The van der Waals surface area contributed by atoms with Crippen LogP contribution in [0.5, 0.6) is 0 Å². The molecule has 2 aromatic heterocycles. The number of thiophene rings is 1. The minimum Gasteiger partial charge on any atom is -0.325 e. The van der Waals surface area contributed by atoms with Crippen LogP contribution in [0, 0.1) is 6.92 Å². The molecule has 3 aromatic rings. The highest BCUT2D eigenvalue weighted by Gasteiger charge is 2.15. The Morgan fingerprint density at radius 2 is 2.05 bits per heavy atom. The van der Waals surface area contributed by atoms with Crippen molar-refractivity contribution in [3.05, 3.63) is 58.6 Å². The van der Waals surface area contributed by atoms with Gasteiger partial charge in [0, 0.05) is 6.54 Å². The number of rotatable bonds is 4. The maximum absolute atomic E-state index is 5.78. The minimum absolute atomic E-state index is 0.404. The topological polar surface area (TPSA) is 56.7 Å². The molecule has 20 heavy (non-hydrogen) atoms. The van der Waals surface area contributed by atoms with Crippen molar-refractivity contribution < 1.29 is 0 Å². The van der Waals surface area contributed by atoms with Gasteiger partial charge in [0.1, 0.15) is 11.4 Å². The molecule has 0 fully saturated rings. The molecule has 0 aliphatic heterocycles. The van der Waals surface area contributed by atoms with Gasteiger partial charge in [0.2, 0.25) is 0 Å². The Hall–Kier alpha value is -1.98. The van der Waals surface area contributed by atoms with Crippen molar-refractivity contribution in [3.8, 4) is 10.6 Å². The zero-order valence-electron chi connectivity index (χ0n) is 11.3. The Morgan fingerprint density at radius 3 is 2.75 bits per heavy atom. The summed E-state index contributed by atoms with van der Waals surface area (Å²) in [6.45, 7) is 3.23. The van der Waals surface area contributed by atoms with E-state index in [0.717, 1.165) is 16.3 Å². The average molecular weight is 284 g/mol. The summed E-state index contributed by atoms with van der Waals surface area (Å²) in [5.74, 6) is 0. The van der Waals surface area contributed by atoms with E-state index in [1.54, 1.807) is 11.3 Å². The summed E-state index contributed by atoms with van der Waals surface area (Å²) >= 11 is 1.68. The van der Waals surface area contributed by atoms with Crippen LogP contribution in [-0.2, 0) is 13.1 Å². The van der Waals surface area contributed by atoms with Crippen molar-refractivity contribution in [1.29, 1.82) is 0 Å². The van der Waals surface area contributed by atoms with E-state index >= 15 is 0 Å². The van der Waals surface area contributed by atoms with Crippen LogP contribution >= 0.6 is 11.3 Å². The van der Waals surface area contributed by atoms with Crippen LogP contribution in [0.4, 0.5) is 0 Å². The largest absolute Gasteiger partial charge is 0.325 e. The first kappa shape index (κ1) is 13.0. The van der Waals surface area contributed by atoms with E-state index in [1.165, 1.54) is 11.1 Å². The highest BCUT2D eigenvalue weighted by atomic mass is 32.1. The zero-order valence-corrected chi connectivity index (χ0v) is 12.1. The smallest absolute Gasteiger partial charge is 0.105 e. The molecule has 0 saturated heterocycles. The van der Waals surface area contributed by atoms with Gasteiger partial charge in [-0.3, -0.25) is 0 Å². The van der Waals surface area contributed by atoms with Crippen LogP contribution < -0.4 is 5.73 Å². The molecule has 2 heterocycles. The number of nitrogens with zero attached hydrogens (tertiary/aromatic N) is 3. The van der Waals surface area contributed by atoms with Crippen molar-refractivity contribution >= 4 is 11.3 Å². The molecular formula is C15H16N4S. The first-order valence-electron chi connectivity index (χ1n) is 6.50. The molecule has 0 aliphatic carbocycles. The van der Waals surface area contributed by atoms with Gasteiger partial charge in [0.25, 0.3) is 0 Å². The van der Waals surface area contributed by atoms with Crippen LogP contribution in [0.2, 0.25) is 0 Å². The van der Waals surface area contributed by atoms with Crippen molar-refractivity contribution in [2.24, 2.45) is 5.73 Å². The Balaban J connectivity index is 2.03. The van der Waals surface area contributed by atoms with E-state index in [9.17, 15) is 0 Å². The van der Waals surface area contributed by atoms with E-state index in [4.69, 9.17) is 5.73 Å².